The molecule has 0 amide bonds. The van der Waals surface area contributed by atoms with Crippen molar-refractivity contribution in [2.75, 3.05) is 40.8 Å². The molecule has 0 aromatic carbocycles. The lowest BCUT2D eigenvalue weighted by molar-refractivity contribution is 0.0939. The van der Waals surface area contributed by atoms with Crippen LogP contribution in [0.5, 0.6) is 0 Å². The van der Waals surface area contributed by atoms with Gasteiger partial charge in [0.2, 0.25) is 0 Å². The first kappa shape index (κ1) is 12.9. The Morgan fingerprint density at radius 3 is 2.73 bits per heavy atom. The van der Waals surface area contributed by atoms with E-state index in [4.69, 9.17) is 0 Å². The molecule has 0 bridgehead atoms. The third kappa shape index (κ3) is 3.74. The van der Waals surface area contributed by atoms with E-state index in [2.05, 4.69) is 43.2 Å². The molecule has 0 spiro atoms. The van der Waals surface area contributed by atoms with Gasteiger partial charge in [0.15, 0.2) is 0 Å². The van der Waals surface area contributed by atoms with E-state index in [0.717, 1.165) is 18.6 Å². The van der Waals surface area contributed by atoms with Crippen molar-refractivity contribution in [2.24, 2.45) is 0 Å². The van der Waals surface area contributed by atoms with E-state index in [-0.39, 0.29) is 0 Å². The van der Waals surface area contributed by atoms with Crippen molar-refractivity contribution in [2.45, 2.75) is 38.3 Å². The Kier molecular flexibility index (Phi) is 5.58. The van der Waals surface area contributed by atoms with Crippen LogP contribution in [-0.4, -0.2) is 62.7 Å². The van der Waals surface area contributed by atoms with E-state index in [0.29, 0.717) is 0 Å². The fourth-order valence-corrected chi connectivity index (χ4v) is 2.50. The Morgan fingerprint density at radius 1 is 1.47 bits per heavy atom. The fraction of sp³-hybridized carbons (Fsp3) is 1.00. The van der Waals surface area contributed by atoms with Crippen LogP contribution in [-0.2, 0) is 0 Å². The minimum absolute atomic E-state index is 0.720. The van der Waals surface area contributed by atoms with E-state index in [1.54, 1.807) is 0 Å². The molecule has 1 N–H and O–H groups in total. The van der Waals surface area contributed by atoms with Crippen molar-refractivity contribution in [1.29, 1.82) is 0 Å². The summed E-state index contributed by atoms with van der Waals surface area (Å²) in [5.41, 5.74) is 0. The minimum atomic E-state index is 0.720. The molecule has 3 nitrogen and oxygen atoms in total. The van der Waals surface area contributed by atoms with Crippen LogP contribution in [0, 0.1) is 0 Å². The number of rotatable bonds is 5. The predicted molar refractivity (Wildman–Crippen MR) is 66.3 cm³/mol. The first-order valence-corrected chi connectivity index (χ1v) is 6.24. The number of likely N-dealkylation sites (tertiary alicyclic amines) is 1. The molecule has 1 aliphatic heterocycles. The maximum Gasteiger partial charge on any atom is 0.0218 e. The molecule has 15 heavy (non-hydrogen) atoms. The Labute approximate surface area is 94.8 Å². The zero-order chi connectivity index (χ0) is 11.3. The molecule has 1 fully saturated rings. The topological polar surface area (TPSA) is 18.5 Å². The van der Waals surface area contributed by atoms with Gasteiger partial charge in [-0.1, -0.05) is 6.92 Å². The second-order valence-corrected chi connectivity index (χ2v) is 4.87. The molecule has 1 saturated heterocycles. The second-order valence-electron chi connectivity index (χ2n) is 4.87. The van der Waals surface area contributed by atoms with Gasteiger partial charge in [0, 0.05) is 25.2 Å². The highest BCUT2D eigenvalue weighted by Gasteiger charge is 2.25. The van der Waals surface area contributed by atoms with Crippen molar-refractivity contribution in [3.8, 4) is 0 Å². The van der Waals surface area contributed by atoms with E-state index in [1.807, 2.05) is 0 Å². The van der Waals surface area contributed by atoms with Crippen LogP contribution in [0.4, 0.5) is 0 Å². The molecule has 0 aromatic rings. The summed E-state index contributed by atoms with van der Waals surface area (Å²) in [6.07, 6.45) is 3.96. The van der Waals surface area contributed by atoms with E-state index >= 15 is 0 Å². The van der Waals surface area contributed by atoms with Gasteiger partial charge in [0.05, 0.1) is 0 Å². The SMILES string of the molecule is CCC(CNC)N1CCCC(N(C)C)C1. The standard InChI is InChI=1S/C12H27N3/c1-5-11(9-13-2)15-8-6-7-12(10-15)14(3)4/h11-13H,5-10H2,1-4H3. The number of likely N-dealkylation sites (N-methyl/N-ethyl adjacent to an activating group) is 2. The summed E-state index contributed by atoms with van der Waals surface area (Å²) >= 11 is 0. The van der Waals surface area contributed by atoms with Crippen LogP contribution in [0.1, 0.15) is 26.2 Å². The fourth-order valence-electron chi connectivity index (χ4n) is 2.50. The molecule has 1 aliphatic rings. The first-order chi connectivity index (χ1) is 7.19. The van der Waals surface area contributed by atoms with Crippen LogP contribution in [0.3, 0.4) is 0 Å². The van der Waals surface area contributed by atoms with Crippen molar-refractivity contribution in [3.63, 3.8) is 0 Å². The maximum atomic E-state index is 3.30. The van der Waals surface area contributed by atoms with Crippen LogP contribution < -0.4 is 5.32 Å². The molecular weight excluding hydrogens is 186 g/mol. The van der Waals surface area contributed by atoms with Gasteiger partial charge in [-0.3, -0.25) is 4.90 Å². The van der Waals surface area contributed by atoms with Crippen molar-refractivity contribution >= 4 is 0 Å². The lowest BCUT2D eigenvalue weighted by Gasteiger charge is -2.40. The summed E-state index contributed by atoms with van der Waals surface area (Å²) in [4.78, 5) is 5.03. The summed E-state index contributed by atoms with van der Waals surface area (Å²) in [6, 6.07) is 1.47. The molecule has 0 radical (unpaired) electrons. The van der Waals surface area contributed by atoms with Gasteiger partial charge in [-0.25, -0.2) is 0 Å². The average Bonchev–Trinajstić information content (AvgIpc) is 2.26. The first-order valence-electron chi connectivity index (χ1n) is 6.24. The zero-order valence-corrected chi connectivity index (χ0v) is 10.8. The summed E-state index contributed by atoms with van der Waals surface area (Å²) in [5.74, 6) is 0. The van der Waals surface area contributed by atoms with Crippen LogP contribution in [0.15, 0.2) is 0 Å². The van der Waals surface area contributed by atoms with Crippen molar-refractivity contribution in [1.82, 2.24) is 15.1 Å². The Bertz CT molecular complexity index is 170. The van der Waals surface area contributed by atoms with Crippen LogP contribution in [0.2, 0.25) is 0 Å². The zero-order valence-electron chi connectivity index (χ0n) is 10.8. The molecule has 3 heteroatoms. The molecule has 2 unspecified atom stereocenters. The monoisotopic (exact) mass is 213 g/mol. The summed E-state index contributed by atoms with van der Waals surface area (Å²) in [6.45, 7) is 5.94. The van der Waals surface area contributed by atoms with Gasteiger partial charge in [-0.15, -0.1) is 0 Å². The molecule has 1 rings (SSSR count). The quantitative estimate of drug-likeness (QED) is 0.735. The van der Waals surface area contributed by atoms with Crippen LogP contribution in [0.25, 0.3) is 0 Å². The lowest BCUT2D eigenvalue weighted by Crippen LogP contribution is -2.51. The Morgan fingerprint density at radius 2 is 2.20 bits per heavy atom. The third-order valence-corrected chi connectivity index (χ3v) is 3.59. The second kappa shape index (κ2) is 6.46. The van der Waals surface area contributed by atoms with Gasteiger partial charge in [0.25, 0.3) is 0 Å². The highest BCUT2D eigenvalue weighted by molar-refractivity contribution is 4.82. The lowest BCUT2D eigenvalue weighted by atomic mass is 10.0. The van der Waals surface area contributed by atoms with Crippen molar-refractivity contribution < 1.29 is 0 Å². The highest BCUT2D eigenvalue weighted by Crippen LogP contribution is 2.17. The summed E-state index contributed by atoms with van der Waals surface area (Å²) in [7, 11) is 6.45. The van der Waals surface area contributed by atoms with Gasteiger partial charge < -0.3 is 10.2 Å². The Hall–Kier alpha value is -0.120. The highest BCUT2D eigenvalue weighted by atomic mass is 15.2. The van der Waals surface area contributed by atoms with Gasteiger partial charge in [-0.2, -0.15) is 0 Å². The molecule has 1 heterocycles. The molecule has 90 valence electrons. The molecule has 0 aromatic heterocycles. The van der Waals surface area contributed by atoms with E-state index in [1.165, 1.54) is 32.4 Å². The number of hydrogen-bond donors (Lipinski definition) is 1. The summed E-state index contributed by atoms with van der Waals surface area (Å²) in [5, 5.41) is 3.30. The van der Waals surface area contributed by atoms with Gasteiger partial charge >= 0.3 is 0 Å². The normalized spacial score (nSPS) is 25.8. The third-order valence-electron chi connectivity index (χ3n) is 3.59. The van der Waals surface area contributed by atoms with Gasteiger partial charge in [0.1, 0.15) is 0 Å². The van der Waals surface area contributed by atoms with Gasteiger partial charge in [-0.05, 0) is 47.0 Å². The van der Waals surface area contributed by atoms with E-state index in [9.17, 15) is 0 Å². The largest absolute Gasteiger partial charge is 0.318 e. The smallest absolute Gasteiger partial charge is 0.0218 e. The molecule has 0 saturated carbocycles. The summed E-state index contributed by atoms with van der Waals surface area (Å²) < 4.78 is 0. The maximum absolute atomic E-state index is 3.30. The molecular formula is C12H27N3. The number of nitrogens with zero attached hydrogens (tertiary/aromatic N) is 2. The Balaban J connectivity index is 2.46. The molecule has 2 atom stereocenters. The van der Waals surface area contributed by atoms with Crippen LogP contribution >= 0.6 is 0 Å². The van der Waals surface area contributed by atoms with E-state index < -0.39 is 0 Å². The molecule has 0 aliphatic carbocycles. The number of piperidine rings is 1. The average molecular weight is 213 g/mol. The van der Waals surface area contributed by atoms with Crippen molar-refractivity contribution in [3.05, 3.63) is 0 Å². The minimum Gasteiger partial charge on any atom is -0.318 e. The number of nitrogens with one attached hydrogen (secondary N) is 1. The number of hydrogen-bond acceptors (Lipinski definition) is 3. The predicted octanol–water partition coefficient (Wildman–Crippen LogP) is 1.01.